The van der Waals surface area contributed by atoms with Crippen LogP contribution < -0.4 is 10.9 Å². The van der Waals surface area contributed by atoms with Crippen molar-refractivity contribution >= 4 is 17.3 Å². The third-order valence-electron chi connectivity index (χ3n) is 2.55. The summed E-state index contributed by atoms with van der Waals surface area (Å²) in [5.41, 5.74) is 0.352. The van der Waals surface area contributed by atoms with Crippen molar-refractivity contribution in [1.29, 1.82) is 0 Å². The lowest BCUT2D eigenvalue weighted by molar-refractivity contribution is 0.134. The highest BCUT2D eigenvalue weighted by Gasteiger charge is 2.07. The van der Waals surface area contributed by atoms with Crippen LogP contribution in [0.3, 0.4) is 0 Å². The standard InChI is InChI=1S/C13H22ClN3O2/c1-3-7-17-13(18)12(14)11(10-16-17)15-6-5-9-19-8-4-2/h10,15H,3-9H2,1-2H3. The molecule has 0 unspecified atom stereocenters. The predicted molar refractivity (Wildman–Crippen MR) is 78.0 cm³/mol. The Morgan fingerprint density at radius 3 is 2.84 bits per heavy atom. The van der Waals surface area contributed by atoms with Crippen LogP contribution in [0.2, 0.25) is 5.02 Å². The van der Waals surface area contributed by atoms with E-state index in [2.05, 4.69) is 17.3 Å². The average Bonchev–Trinajstić information content (AvgIpc) is 2.41. The van der Waals surface area contributed by atoms with Crippen LogP contribution in [0.1, 0.15) is 33.1 Å². The molecule has 0 aromatic carbocycles. The van der Waals surface area contributed by atoms with Crippen LogP contribution in [0.15, 0.2) is 11.0 Å². The first kappa shape index (κ1) is 16.0. The van der Waals surface area contributed by atoms with E-state index in [4.69, 9.17) is 16.3 Å². The number of anilines is 1. The molecule has 5 nitrogen and oxygen atoms in total. The van der Waals surface area contributed by atoms with Gasteiger partial charge in [0.1, 0.15) is 5.02 Å². The zero-order valence-corrected chi connectivity index (χ0v) is 12.4. The van der Waals surface area contributed by atoms with Crippen molar-refractivity contribution < 1.29 is 4.74 Å². The van der Waals surface area contributed by atoms with Crippen LogP contribution in [0.5, 0.6) is 0 Å². The Morgan fingerprint density at radius 1 is 1.37 bits per heavy atom. The molecular weight excluding hydrogens is 266 g/mol. The quantitative estimate of drug-likeness (QED) is 0.709. The Balaban J connectivity index is 2.46. The Kier molecular flexibility index (Phi) is 7.52. The second kappa shape index (κ2) is 8.93. The second-order valence-corrected chi connectivity index (χ2v) is 4.67. The first-order chi connectivity index (χ1) is 9.20. The topological polar surface area (TPSA) is 56.1 Å². The fourth-order valence-corrected chi connectivity index (χ4v) is 1.82. The number of halogens is 1. The Labute approximate surface area is 118 Å². The molecule has 0 saturated carbocycles. The highest BCUT2D eigenvalue weighted by molar-refractivity contribution is 6.32. The normalized spacial score (nSPS) is 10.7. The number of hydrogen-bond donors (Lipinski definition) is 1. The third kappa shape index (κ3) is 5.20. The van der Waals surface area contributed by atoms with Crippen LogP contribution in [-0.4, -0.2) is 29.5 Å². The molecule has 0 aliphatic rings. The first-order valence-corrected chi connectivity index (χ1v) is 7.15. The van der Waals surface area contributed by atoms with E-state index in [0.717, 1.165) is 25.9 Å². The van der Waals surface area contributed by atoms with Crippen molar-refractivity contribution in [2.45, 2.75) is 39.7 Å². The molecule has 0 bridgehead atoms. The molecule has 0 aliphatic heterocycles. The minimum atomic E-state index is -0.240. The summed E-state index contributed by atoms with van der Waals surface area (Å²) in [6, 6.07) is 0. The van der Waals surface area contributed by atoms with Crippen molar-refractivity contribution in [3.63, 3.8) is 0 Å². The van der Waals surface area contributed by atoms with Gasteiger partial charge in [-0.15, -0.1) is 0 Å². The van der Waals surface area contributed by atoms with Gasteiger partial charge >= 0.3 is 0 Å². The lowest BCUT2D eigenvalue weighted by Gasteiger charge is -2.09. The summed E-state index contributed by atoms with van der Waals surface area (Å²) in [6.45, 7) is 6.86. The number of ether oxygens (including phenoxy) is 1. The Morgan fingerprint density at radius 2 is 2.16 bits per heavy atom. The van der Waals surface area contributed by atoms with Gasteiger partial charge in [0.25, 0.3) is 5.56 Å². The van der Waals surface area contributed by atoms with Gasteiger partial charge in [-0.25, -0.2) is 4.68 Å². The van der Waals surface area contributed by atoms with Crippen LogP contribution in [0.25, 0.3) is 0 Å². The zero-order chi connectivity index (χ0) is 14.1. The van der Waals surface area contributed by atoms with E-state index in [9.17, 15) is 4.79 Å². The highest BCUT2D eigenvalue weighted by Crippen LogP contribution is 2.14. The summed E-state index contributed by atoms with van der Waals surface area (Å²) < 4.78 is 6.76. The largest absolute Gasteiger partial charge is 0.382 e. The number of aryl methyl sites for hydroxylation is 1. The van der Waals surface area contributed by atoms with Gasteiger partial charge < -0.3 is 10.1 Å². The fourth-order valence-electron chi connectivity index (χ4n) is 1.60. The lowest BCUT2D eigenvalue weighted by Crippen LogP contribution is -2.24. The van der Waals surface area contributed by atoms with Gasteiger partial charge in [-0.3, -0.25) is 4.79 Å². The van der Waals surface area contributed by atoms with Crippen molar-refractivity contribution in [1.82, 2.24) is 9.78 Å². The molecule has 1 aromatic heterocycles. The first-order valence-electron chi connectivity index (χ1n) is 6.77. The molecule has 0 saturated heterocycles. The van der Waals surface area contributed by atoms with Crippen LogP contribution in [-0.2, 0) is 11.3 Å². The van der Waals surface area contributed by atoms with Crippen molar-refractivity contribution in [2.75, 3.05) is 25.1 Å². The van der Waals surface area contributed by atoms with E-state index in [1.165, 1.54) is 4.68 Å². The summed E-state index contributed by atoms with van der Waals surface area (Å²) in [5.74, 6) is 0. The van der Waals surface area contributed by atoms with Gasteiger partial charge in [0.2, 0.25) is 0 Å². The maximum Gasteiger partial charge on any atom is 0.287 e. The molecule has 1 N–H and O–H groups in total. The van der Waals surface area contributed by atoms with E-state index in [1.807, 2.05) is 6.92 Å². The van der Waals surface area contributed by atoms with Crippen molar-refractivity contribution in [3.8, 4) is 0 Å². The number of nitrogens with zero attached hydrogens (tertiary/aromatic N) is 2. The average molecular weight is 288 g/mol. The maximum absolute atomic E-state index is 11.9. The molecule has 0 amide bonds. The van der Waals surface area contributed by atoms with Gasteiger partial charge in [0, 0.05) is 26.3 Å². The number of rotatable bonds is 9. The van der Waals surface area contributed by atoms with Gasteiger partial charge in [-0.1, -0.05) is 25.4 Å². The van der Waals surface area contributed by atoms with E-state index in [-0.39, 0.29) is 10.6 Å². The van der Waals surface area contributed by atoms with Gasteiger partial charge in [0.05, 0.1) is 11.9 Å². The summed E-state index contributed by atoms with van der Waals surface area (Å²) >= 11 is 6.03. The number of aromatic nitrogens is 2. The molecule has 1 heterocycles. The summed E-state index contributed by atoms with van der Waals surface area (Å²) in [5, 5.41) is 7.40. The minimum absolute atomic E-state index is 0.206. The zero-order valence-electron chi connectivity index (χ0n) is 11.6. The Bertz CT molecular complexity index is 434. The summed E-state index contributed by atoms with van der Waals surface area (Å²) in [7, 11) is 0. The van der Waals surface area contributed by atoms with Crippen molar-refractivity contribution in [3.05, 3.63) is 21.6 Å². The molecule has 6 heteroatoms. The lowest BCUT2D eigenvalue weighted by atomic mass is 10.4. The predicted octanol–water partition coefficient (Wildman–Crippen LogP) is 2.54. The van der Waals surface area contributed by atoms with E-state index in [0.29, 0.717) is 25.4 Å². The second-order valence-electron chi connectivity index (χ2n) is 4.29. The molecule has 1 rings (SSSR count). The molecular formula is C13H22ClN3O2. The number of nitrogens with one attached hydrogen (secondary N) is 1. The van der Waals surface area contributed by atoms with Gasteiger partial charge in [-0.05, 0) is 19.3 Å². The highest BCUT2D eigenvalue weighted by atomic mass is 35.5. The van der Waals surface area contributed by atoms with E-state index < -0.39 is 0 Å². The molecule has 0 atom stereocenters. The fraction of sp³-hybridized carbons (Fsp3) is 0.692. The number of hydrogen-bond acceptors (Lipinski definition) is 4. The SMILES string of the molecule is CCCOCCCNc1cnn(CCC)c(=O)c1Cl. The maximum atomic E-state index is 11.9. The smallest absolute Gasteiger partial charge is 0.287 e. The summed E-state index contributed by atoms with van der Waals surface area (Å²) in [6.07, 6.45) is 4.35. The van der Waals surface area contributed by atoms with Crippen LogP contribution in [0.4, 0.5) is 5.69 Å². The molecule has 0 aliphatic carbocycles. The summed E-state index contributed by atoms with van der Waals surface area (Å²) in [4.78, 5) is 11.9. The van der Waals surface area contributed by atoms with Crippen LogP contribution in [0, 0.1) is 0 Å². The van der Waals surface area contributed by atoms with E-state index >= 15 is 0 Å². The molecule has 0 radical (unpaired) electrons. The molecule has 0 fully saturated rings. The third-order valence-corrected chi connectivity index (χ3v) is 2.91. The molecule has 1 aromatic rings. The molecule has 108 valence electrons. The van der Waals surface area contributed by atoms with E-state index in [1.54, 1.807) is 6.20 Å². The van der Waals surface area contributed by atoms with Crippen LogP contribution >= 0.6 is 11.6 Å². The minimum Gasteiger partial charge on any atom is -0.382 e. The van der Waals surface area contributed by atoms with Crippen molar-refractivity contribution in [2.24, 2.45) is 0 Å². The van der Waals surface area contributed by atoms with Gasteiger partial charge in [0.15, 0.2) is 0 Å². The van der Waals surface area contributed by atoms with Gasteiger partial charge in [-0.2, -0.15) is 5.10 Å². The Hall–Kier alpha value is -1.07. The molecule has 0 spiro atoms. The monoisotopic (exact) mass is 287 g/mol. The molecule has 19 heavy (non-hydrogen) atoms.